The molecule has 0 fully saturated rings. The van der Waals surface area contributed by atoms with Crippen molar-refractivity contribution in [2.24, 2.45) is 12.8 Å². The van der Waals surface area contributed by atoms with Gasteiger partial charge < -0.3 is 10.5 Å². The zero-order chi connectivity index (χ0) is 13.3. The van der Waals surface area contributed by atoms with Crippen molar-refractivity contribution in [3.8, 4) is 11.6 Å². The standard InChI is InChI=1S/C12H12ClN3OS/c1-7-6-10(16(2)15-7)17-9-5-3-4-8(13)11(9)12(14)18/h3-6H,1-2H3,(H2,14,18). The summed E-state index contributed by atoms with van der Waals surface area (Å²) in [6.45, 7) is 1.89. The number of aryl methyl sites for hydroxylation is 2. The van der Waals surface area contributed by atoms with E-state index >= 15 is 0 Å². The summed E-state index contributed by atoms with van der Waals surface area (Å²) in [5, 5.41) is 4.67. The Hall–Kier alpha value is -1.59. The Morgan fingerprint density at radius 2 is 2.22 bits per heavy atom. The van der Waals surface area contributed by atoms with Crippen molar-refractivity contribution < 1.29 is 4.74 Å². The summed E-state index contributed by atoms with van der Waals surface area (Å²) in [5.41, 5.74) is 7.06. The molecule has 4 nitrogen and oxygen atoms in total. The van der Waals surface area contributed by atoms with E-state index in [2.05, 4.69) is 5.10 Å². The Bertz CT molecular complexity index is 609. The Balaban J connectivity index is 2.43. The maximum atomic E-state index is 6.07. The summed E-state index contributed by atoms with van der Waals surface area (Å²) in [6, 6.07) is 7.09. The second-order valence-electron chi connectivity index (χ2n) is 3.83. The molecule has 0 atom stereocenters. The van der Waals surface area contributed by atoms with E-state index in [1.807, 2.05) is 13.0 Å². The van der Waals surface area contributed by atoms with Crippen LogP contribution >= 0.6 is 23.8 Å². The third-order valence-corrected chi connectivity index (χ3v) is 2.91. The Kier molecular flexibility index (Phi) is 3.54. The van der Waals surface area contributed by atoms with Crippen LogP contribution in [0.25, 0.3) is 0 Å². The molecule has 2 rings (SSSR count). The number of aromatic nitrogens is 2. The maximum absolute atomic E-state index is 6.07. The molecule has 0 radical (unpaired) electrons. The Morgan fingerprint density at radius 3 is 2.78 bits per heavy atom. The van der Waals surface area contributed by atoms with Gasteiger partial charge in [0.05, 0.1) is 16.3 Å². The van der Waals surface area contributed by atoms with Crippen LogP contribution in [-0.4, -0.2) is 14.8 Å². The topological polar surface area (TPSA) is 53.1 Å². The second kappa shape index (κ2) is 4.96. The van der Waals surface area contributed by atoms with Crippen LogP contribution in [0, 0.1) is 6.92 Å². The highest BCUT2D eigenvalue weighted by Crippen LogP contribution is 2.30. The lowest BCUT2D eigenvalue weighted by atomic mass is 10.2. The lowest BCUT2D eigenvalue weighted by Gasteiger charge is -2.11. The number of rotatable bonds is 3. The number of hydrogen-bond donors (Lipinski definition) is 1. The minimum Gasteiger partial charge on any atom is -0.439 e. The fourth-order valence-corrected chi connectivity index (χ4v) is 2.16. The molecule has 18 heavy (non-hydrogen) atoms. The Morgan fingerprint density at radius 1 is 1.50 bits per heavy atom. The van der Waals surface area contributed by atoms with Gasteiger partial charge >= 0.3 is 0 Å². The molecule has 0 spiro atoms. The predicted molar refractivity (Wildman–Crippen MR) is 75.4 cm³/mol. The van der Waals surface area contributed by atoms with Gasteiger partial charge in [-0.1, -0.05) is 29.9 Å². The summed E-state index contributed by atoms with van der Waals surface area (Å²) in [4.78, 5) is 0.203. The van der Waals surface area contributed by atoms with Crippen molar-refractivity contribution in [3.05, 3.63) is 40.5 Å². The molecule has 0 aliphatic carbocycles. The predicted octanol–water partition coefficient (Wildman–Crippen LogP) is 2.81. The number of nitrogens with zero attached hydrogens (tertiary/aromatic N) is 2. The van der Waals surface area contributed by atoms with Gasteiger partial charge in [-0.25, -0.2) is 4.68 Å². The molecule has 0 aliphatic rings. The van der Waals surface area contributed by atoms with Gasteiger partial charge in [0.25, 0.3) is 0 Å². The first-order valence-corrected chi connectivity index (χ1v) is 6.04. The normalized spacial score (nSPS) is 10.4. The van der Waals surface area contributed by atoms with Gasteiger partial charge in [0.2, 0.25) is 5.88 Å². The first-order valence-electron chi connectivity index (χ1n) is 5.26. The van der Waals surface area contributed by atoms with Crippen LogP contribution in [0.15, 0.2) is 24.3 Å². The van der Waals surface area contributed by atoms with Crippen LogP contribution in [0.1, 0.15) is 11.3 Å². The highest BCUT2D eigenvalue weighted by molar-refractivity contribution is 7.80. The van der Waals surface area contributed by atoms with Crippen molar-refractivity contribution in [1.29, 1.82) is 0 Å². The van der Waals surface area contributed by atoms with Gasteiger partial charge in [-0.2, -0.15) is 5.10 Å². The maximum Gasteiger partial charge on any atom is 0.217 e. The van der Waals surface area contributed by atoms with Crippen LogP contribution < -0.4 is 10.5 Å². The second-order valence-corrected chi connectivity index (χ2v) is 4.67. The van der Waals surface area contributed by atoms with Crippen LogP contribution in [0.5, 0.6) is 11.6 Å². The lowest BCUT2D eigenvalue weighted by Crippen LogP contribution is -2.11. The quantitative estimate of drug-likeness (QED) is 0.879. The zero-order valence-corrected chi connectivity index (χ0v) is 11.5. The fourth-order valence-electron chi connectivity index (χ4n) is 1.62. The third-order valence-electron chi connectivity index (χ3n) is 2.40. The van der Waals surface area contributed by atoms with Crippen molar-refractivity contribution in [1.82, 2.24) is 9.78 Å². The number of thiocarbonyl (C=S) groups is 1. The van der Waals surface area contributed by atoms with Gasteiger partial charge in [-0.05, 0) is 19.1 Å². The lowest BCUT2D eigenvalue weighted by molar-refractivity contribution is 0.430. The molecule has 0 saturated heterocycles. The minimum absolute atomic E-state index is 0.203. The summed E-state index contributed by atoms with van der Waals surface area (Å²) in [7, 11) is 1.80. The Labute approximate surface area is 115 Å². The number of nitrogens with two attached hydrogens (primary N) is 1. The number of ether oxygens (including phenoxy) is 1. The molecule has 0 unspecified atom stereocenters. The van der Waals surface area contributed by atoms with Gasteiger partial charge in [0.1, 0.15) is 10.7 Å². The van der Waals surface area contributed by atoms with Crippen LogP contribution in [0.3, 0.4) is 0 Å². The summed E-state index contributed by atoms with van der Waals surface area (Å²) < 4.78 is 7.39. The van der Waals surface area contributed by atoms with Crippen molar-refractivity contribution >= 4 is 28.8 Å². The van der Waals surface area contributed by atoms with Crippen molar-refractivity contribution in [2.45, 2.75) is 6.92 Å². The van der Waals surface area contributed by atoms with E-state index in [1.54, 1.807) is 29.9 Å². The number of benzene rings is 1. The first kappa shape index (κ1) is 12.9. The summed E-state index contributed by atoms with van der Waals surface area (Å²) in [5.74, 6) is 1.13. The molecule has 1 aromatic heterocycles. The molecule has 0 aliphatic heterocycles. The van der Waals surface area contributed by atoms with E-state index in [0.717, 1.165) is 5.69 Å². The molecule has 2 N–H and O–H groups in total. The summed E-state index contributed by atoms with van der Waals surface area (Å²) >= 11 is 11.0. The van der Waals surface area contributed by atoms with Gasteiger partial charge in [-0.3, -0.25) is 0 Å². The molecule has 0 bridgehead atoms. The van der Waals surface area contributed by atoms with Gasteiger partial charge in [0.15, 0.2) is 0 Å². The highest BCUT2D eigenvalue weighted by atomic mass is 35.5. The minimum atomic E-state index is 0.203. The molecule has 0 saturated carbocycles. The van der Waals surface area contributed by atoms with Gasteiger partial charge in [-0.15, -0.1) is 0 Å². The third kappa shape index (κ3) is 2.47. The highest BCUT2D eigenvalue weighted by Gasteiger charge is 2.13. The SMILES string of the molecule is Cc1cc(Oc2cccc(Cl)c2C(N)=S)n(C)n1. The van der Waals surface area contributed by atoms with Crippen molar-refractivity contribution in [2.75, 3.05) is 0 Å². The monoisotopic (exact) mass is 281 g/mol. The van der Waals surface area contributed by atoms with E-state index in [9.17, 15) is 0 Å². The zero-order valence-electron chi connectivity index (χ0n) is 9.98. The smallest absolute Gasteiger partial charge is 0.217 e. The van der Waals surface area contributed by atoms with E-state index < -0.39 is 0 Å². The van der Waals surface area contributed by atoms with E-state index in [4.69, 9.17) is 34.3 Å². The molecule has 94 valence electrons. The molecule has 0 amide bonds. The first-order chi connectivity index (χ1) is 8.49. The average Bonchev–Trinajstić information content (AvgIpc) is 2.57. The molecular weight excluding hydrogens is 270 g/mol. The molecule has 2 aromatic rings. The van der Waals surface area contributed by atoms with E-state index in [1.165, 1.54) is 0 Å². The molecule has 1 heterocycles. The van der Waals surface area contributed by atoms with E-state index in [-0.39, 0.29) is 4.99 Å². The molecular formula is C12H12ClN3OS. The fraction of sp³-hybridized carbons (Fsp3) is 0.167. The largest absolute Gasteiger partial charge is 0.439 e. The van der Waals surface area contributed by atoms with E-state index in [0.29, 0.717) is 22.2 Å². The molecule has 1 aromatic carbocycles. The summed E-state index contributed by atoms with van der Waals surface area (Å²) in [6.07, 6.45) is 0. The van der Waals surface area contributed by atoms with Crippen LogP contribution in [-0.2, 0) is 7.05 Å². The van der Waals surface area contributed by atoms with Crippen LogP contribution in [0.4, 0.5) is 0 Å². The van der Waals surface area contributed by atoms with Crippen LogP contribution in [0.2, 0.25) is 5.02 Å². The van der Waals surface area contributed by atoms with Crippen molar-refractivity contribution in [3.63, 3.8) is 0 Å². The van der Waals surface area contributed by atoms with Gasteiger partial charge in [0, 0.05) is 13.1 Å². The molecule has 6 heteroatoms. The number of hydrogen-bond acceptors (Lipinski definition) is 3. The number of halogens is 1. The average molecular weight is 282 g/mol.